The lowest BCUT2D eigenvalue weighted by molar-refractivity contribution is -0.277. The van der Waals surface area contributed by atoms with Crippen LogP contribution in [0.4, 0.5) is 32.0 Å². The molecule has 2 aromatic rings. The van der Waals surface area contributed by atoms with Crippen LogP contribution in [0.15, 0.2) is 10.5 Å². The minimum atomic E-state index is -5.12. The first kappa shape index (κ1) is 22.1. The number of pyridine rings is 1. The molecule has 0 aromatic carbocycles. The molecule has 1 aliphatic rings. The second-order valence-corrected chi connectivity index (χ2v) is 7.07. The van der Waals surface area contributed by atoms with E-state index >= 15 is 0 Å². The van der Waals surface area contributed by atoms with E-state index < -0.39 is 65.1 Å². The average molecular weight is 440 g/mol. The molecule has 3 rings (SSSR count). The summed E-state index contributed by atoms with van der Waals surface area (Å²) < 4.78 is 91.1. The molecule has 0 fully saturated rings. The number of nitrogens with zero attached hydrogens (tertiary/aromatic N) is 3. The van der Waals surface area contributed by atoms with Crippen molar-refractivity contribution in [1.29, 1.82) is 0 Å². The summed E-state index contributed by atoms with van der Waals surface area (Å²) in [5.74, 6) is -2.62. The van der Waals surface area contributed by atoms with Crippen LogP contribution < -0.4 is 10.5 Å². The zero-order valence-corrected chi connectivity index (χ0v) is 15.6. The molecule has 30 heavy (non-hydrogen) atoms. The lowest BCUT2D eigenvalue weighted by Crippen LogP contribution is -2.42. The van der Waals surface area contributed by atoms with Crippen molar-refractivity contribution in [1.82, 2.24) is 15.2 Å². The van der Waals surface area contributed by atoms with Gasteiger partial charge in [-0.25, -0.2) is 4.98 Å². The van der Waals surface area contributed by atoms with Crippen molar-refractivity contribution < 1.29 is 40.6 Å². The Balaban J connectivity index is 2.17. The Morgan fingerprint density at radius 3 is 2.47 bits per heavy atom. The van der Waals surface area contributed by atoms with Gasteiger partial charge in [0.2, 0.25) is 11.5 Å². The third-order valence-corrected chi connectivity index (χ3v) is 4.73. The first-order valence-electron chi connectivity index (χ1n) is 9.01. The second-order valence-electron chi connectivity index (χ2n) is 7.07. The van der Waals surface area contributed by atoms with Gasteiger partial charge in [0, 0.05) is 0 Å². The van der Waals surface area contributed by atoms with Crippen LogP contribution in [0, 0.1) is 0 Å². The first-order chi connectivity index (χ1) is 13.8. The molecule has 2 aromatic heterocycles. The largest absolute Gasteiger partial charge is 0.474 e. The van der Waals surface area contributed by atoms with Crippen LogP contribution in [0.3, 0.4) is 0 Å². The quantitative estimate of drug-likeness (QED) is 0.591. The molecule has 1 unspecified atom stereocenters. The van der Waals surface area contributed by atoms with Gasteiger partial charge in [0.15, 0.2) is 5.69 Å². The van der Waals surface area contributed by atoms with E-state index in [0.29, 0.717) is 12.5 Å². The fraction of sp³-hybridized carbons (Fsp3) is 0.588. The number of hydrogen-bond donors (Lipinski definition) is 2. The standard InChI is InChI=1S/C17H18F6N4O3/c1-8-5-3-2-4-6-15(28,17(21,22)23)14-27-26-13(30-14)11-10(24)7-9(16(18,19)20)12(25-11)29-8/h7-8,28H,2-6,24H2,1H3/t8?,15-/m1/s1. The summed E-state index contributed by atoms with van der Waals surface area (Å²) >= 11 is 0. The summed E-state index contributed by atoms with van der Waals surface area (Å²) in [5.41, 5.74) is -0.0609. The summed E-state index contributed by atoms with van der Waals surface area (Å²) in [7, 11) is 0. The van der Waals surface area contributed by atoms with Gasteiger partial charge in [0.1, 0.15) is 5.56 Å². The highest BCUT2D eigenvalue weighted by Crippen LogP contribution is 2.44. The van der Waals surface area contributed by atoms with Gasteiger partial charge in [-0.1, -0.05) is 6.42 Å². The molecule has 4 bridgehead atoms. The van der Waals surface area contributed by atoms with Crippen LogP contribution >= 0.6 is 0 Å². The molecule has 0 aliphatic carbocycles. The zero-order valence-electron chi connectivity index (χ0n) is 15.6. The van der Waals surface area contributed by atoms with Crippen molar-refractivity contribution >= 4 is 5.69 Å². The SMILES string of the molecule is CC1CCCCC[C@](O)(C(F)(F)F)c2nnc(o2)-c2nc(c(C(F)(F)F)cc2N)O1. The number of nitrogens with two attached hydrogens (primary N) is 1. The second kappa shape index (κ2) is 7.60. The molecule has 1 aliphatic heterocycles. The summed E-state index contributed by atoms with van der Waals surface area (Å²) in [6, 6.07) is 0.538. The molecule has 3 N–H and O–H groups in total. The Morgan fingerprint density at radius 1 is 1.13 bits per heavy atom. The highest BCUT2D eigenvalue weighted by atomic mass is 19.4. The molecule has 7 nitrogen and oxygen atoms in total. The molecule has 0 radical (unpaired) electrons. The molecule has 166 valence electrons. The van der Waals surface area contributed by atoms with Gasteiger partial charge >= 0.3 is 12.4 Å². The van der Waals surface area contributed by atoms with E-state index in [2.05, 4.69) is 15.2 Å². The van der Waals surface area contributed by atoms with Crippen molar-refractivity contribution in [3.8, 4) is 17.5 Å². The van der Waals surface area contributed by atoms with Gasteiger partial charge in [-0.3, -0.25) is 0 Å². The van der Waals surface area contributed by atoms with Crippen molar-refractivity contribution in [2.24, 2.45) is 0 Å². The van der Waals surface area contributed by atoms with Crippen LogP contribution in [0.2, 0.25) is 0 Å². The summed E-state index contributed by atoms with van der Waals surface area (Å²) in [6.07, 6.45) is -10.5. The van der Waals surface area contributed by atoms with Crippen LogP contribution in [0.1, 0.15) is 50.5 Å². The van der Waals surface area contributed by atoms with Crippen LogP contribution in [-0.4, -0.2) is 32.6 Å². The summed E-state index contributed by atoms with van der Waals surface area (Å²) in [5, 5.41) is 16.9. The highest BCUT2D eigenvalue weighted by molar-refractivity contribution is 5.68. The fourth-order valence-corrected chi connectivity index (χ4v) is 3.07. The molecular formula is C17H18F6N4O3. The Labute approximate surface area is 166 Å². The Bertz CT molecular complexity index is 914. The Hall–Kier alpha value is -2.57. The monoisotopic (exact) mass is 440 g/mol. The van der Waals surface area contributed by atoms with E-state index in [9.17, 15) is 31.4 Å². The third-order valence-electron chi connectivity index (χ3n) is 4.73. The van der Waals surface area contributed by atoms with Gasteiger partial charge in [0.25, 0.3) is 11.8 Å². The average Bonchev–Trinajstić information content (AvgIpc) is 3.10. The van der Waals surface area contributed by atoms with E-state index in [0.717, 1.165) is 0 Å². The van der Waals surface area contributed by atoms with Crippen molar-refractivity contribution in [3.05, 3.63) is 17.5 Å². The summed E-state index contributed by atoms with van der Waals surface area (Å²) in [6.45, 7) is 1.51. The van der Waals surface area contributed by atoms with E-state index in [4.69, 9.17) is 14.9 Å². The van der Waals surface area contributed by atoms with E-state index in [1.54, 1.807) is 0 Å². The minimum Gasteiger partial charge on any atom is -0.474 e. The number of anilines is 1. The molecule has 0 amide bonds. The lowest BCUT2D eigenvalue weighted by atomic mass is 9.94. The van der Waals surface area contributed by atoms with E-state index in [1.807, 2.05) is 0 Å². The topological polar surface area (TPSA) is 107 Å². The van der Waals surface area contributed by atoms with Gasteiger partial charge in [0.05, 0.1) is 11.8 Å². The molecule has 0 saturated carbocycles. The number of hydrogen-bond acceptors (Lipinski definition) is 7. The van der Waals surface area contributed by atoms with Crippen LogP contribution in [-0.2, 0) is 11.8 Å². The number of ether oxygens (including phenoxy) is 1. The number of alkyl halides is 6. The molecule has 13 heteroatoms. The fourth-order valence-electron chi connectivity index (χ4n) is 3.07. The maximum atomic E-state index is 13.5. The van der Waals surface area contributed by atoms with E-state index in [-0.39, 0.29) is 19.3 Å². The number of fused-ring (bicyclic) bond motifs is 5. The van der Waals surface area contributed by atoms with Gasteiger partial charge in [-0.05, 0) is 38.7 Å². The first-order valence-corrected chi connectivity index (χ1v) is 9.01. The van der Waals surface area contributed by atoms with Gasteiger partial charge < -0.3 is 20.0 Å². The van der Waals surface area contributed by atoms with Crippen molar-refractivity contribution in [2.45, 2.75) is 63.1 Å². The molecule has 0 saturated heterocycles. The minimum absolute atomic E-state index is 0.0417. The predicted octanol–water partition coefficient (Wildman–Crippen LogP) is 4.21. The molecular weight excluding hydrogens is 422 g/mol. The van der Waals surface area contributed by atoms with Crippen molar-refractivity contribution in [3.63, 3.8) is 0 Å². The van der Waals surface area contributed by atoms with Gasteiger partial charge in [-0.15, -0.1) is 10.2 Å². The van der Waals surface area contributed by atoms with E-state index in [1.165, 1.54) is 6.92 Å². The maximum Gasteiger partial charge on any atom is 0.426 e. The van der Waals surface area contributed by atoms with Crippen molar-refractivity contribution in [2.75, 3.05) is 5.73 Å². The molecule has 3 heterocycles. The summed E-state index contributed by atoms with van der Waals surface area (Å²) in [4.78, 5) is 3.71. The van der Waals surface area contributed by atoms with Gasteiger partial charge in [-0.2, -0.15) is 26.3 Å². The zero-order chi connectivity index (χ0) is 22.3. The number of nitrogen functional groups attached to an aromatic ring is 1. The number of aromatic nitrogens is 3. The lowest BCUT2D eigenvalue weighted by Gasteiger charge is -2.27. The third kappa shape index (κ3) is 4.16. The molecule has 0 spiro atoms. The van der Waals surface area contributed by atoms with Crippen LogP contribution in [0.5, 0.6) is 5.88 Å². The number of aliphatic hydroxyl groups is 1. The Kier molecular flexibility index (Phi) is 5.60. The molecule has 2 atom stereocenters. The number of rotatable bonds is 0. The smallest absolute Gasteiger partial charge is 0.426 e. The normalized spacial score (nSPS) is 23.5. The predicted molar refractivity (Wildman–Crippen MR) is 90.1 cm³/mol. The highest BCUT2D eigenvalue weighted by Gasteiger charge is 2.58. The number of halogens is 6. The maximum absolute atomic E-state index is 13.5. The Morgan fingerprint density at radius 2 is 1.83 bits per heavy atom. The van der Waals surface area contributed by atoms with Crippen LogP contribution in [0.25, 0.3) is 11.6 Å².